The van der Waals surface area contributed by atoms with Crippen molar-refractivity contribution in [2.24, 2.45) is 0 Å². The first-order valence-corrected chi connectivity index (χ1v) is 11.1. The highest BCUT2D eigenvalue weighted by Gasteiger charge is 2.30. The van der Waals surface area contributed by atoms with E-state index < -0.39 is 16.1 Å². The molecule has 0 aliphatic carbocycles. The van der Waals surface area contributed by atoms with Crippen molar-refractivity contribution in [2.45, 2.75) is 32.4 Å². The minimum absolute atomic E-state index is 0.304. The third-order valence-corrected chi connectivity index (χ3v) is 5.88. The van der Waals surface area contributed by atoms with Crippen LogP contribution in [0.15, 0.2) is 48.5 Å². The highest BCUT2D eigenvalue weighted by molar-refractivity contribution is 7.92. The molecule has 0 radical (unpaired) electrons. The van der Waals surface area contributed by atoms with Gasteiger partial charge in [-0.3, -0.25) is 9.10 Å². The predicted octanol–water partition coefficient (Wildman–Crippen LogP) is 3.13. The largest absolute Gasteiger partial charge is 0.493 e. The molecule has 0 unspecified atom stereocenters. The van der Waals surface area contributed by atoms with Crippen LogP contribution in [0.4, 0.5) is 5.69 Å². The Hall–Kier alpha value is -2.74. The summed E-state index contributed by atoms with van der Waals surface area (Å²) in [5, 5.41) is 2.95. The van der Waals surface area contributed by atoms with Gasteiger partial charge < -0.3 is 14.8 Å². The van der Waals surface area contributed by atoms with Gasteiger partial charge in [-0.1, -0.05) is 31.2 Å². The molecule has 0 fully saturated rings. The molecule has 2 atom stereocenters. The van der Waals surface area contributed by atoms with Gasteiger partial charge in [0.05, 0.1) is 32.2 Å². The predicted molar refractivity (Wildman–Crippen MR) is 114 cm³/mol. The molecule has 1 amide bonds. The number of ether oxygens (including phenoxy) is 2. The molecule has 0 aliphatic heterocycles. The van der Waals surface area contributed by atoms with Crippen LogP contribution in [0.2, 0.25) is 0 Å². The molecule has 0 aromatic heterocycles. The van der Waals surface area contributed by atoms with Gasteiger partial charge >= 0.3 is 0 Å². The number of nitrogens with one attached hydrogen (secondary N) is 1. The molecule has 0 spiro atoms. The number of benzene rings is 2. The number of hydrogen-bond donors (Lipinski definition) is 1. The molecule has 0 bridgehead atoms. The van der Waals surface area contributed by atoms with Crippen LogP contribution in [0, 0.1) is 0 Å². The molecule has 0 saturated heterocycles. The third kappa shape index (κ3) is 5.41. The molecule has 2 aromatic rings. The zero-order valence-electron chi connectivity index (χ0n) is 17.4. The van der Waals surface area contributed by atoms with Crippen LogP contribution in [0.25, 0.3) is 0 Å². The van der Waals surface area contributed by atoms with E-state index in [0.717, 1.165) is 16.1 Å². The van der Waals surface area contributed by atoms with Gasteiger partial charge in [0.1, 0.15) is 6.04 Å². The van der Waals surface area contributed by atoms with Gasteiger partial charge in [0, 0.05) is 0 Å². The number of carbonyl (C=O) groups excluding carboxylic acids is 1. The zero-order valence-corrected chi connectivity index (χ0v) is 18.2. The van der Waals surface area contributed by atoms with E-state index in [2.05, 4.69) is 5.32 Å². The Balaban J connectivity index is 2.28. The van der Waals surface area contributed by atoms with Crippen LogP contribution in [-0.4, -0.2) is 40.8 Å². The fourth-order valence-corrected chi connectivity index (χ4v) is 4.34. The highest BCUT2D eigenvalue weighted by atomic mass is 32.2. The number of methoxy groups -OCH3 is 2. The SMILES string of the molecule is CC[C@@H](NC(=O)[C@H](C)N(c1ccccc1)S(C)(=O)=O)c1ccc(OC)c(OC)c1. The summed E-state index contributed by atoms with van der Waals surface area (Å²) in [4.78, 5) is 13.0. The first-order chi connectivity index (χ1) is 13.7. The van der Waals surface area contributed by atoms with Gasteiger partial charge in [0.15, 0.2) is 11.5 Å². The number of amides is 1. The minimum atomic E-state index is -3.65. The average molecular weight is 421 g/mol. The molecular weight excluding hydrogens is 392 g/mol. The number of sulfonamides is 1. The van der Waals surface area contributed by atoms with Gasteiger partial charge in [0.25, 0.3) is 0 Å². The number of anilines is 1. The summed E-state index contributed by atoms with van der Waals surface area (Å²) in [5.41, 5.74) is 1.29. The van der Waals surface area contributed by atoms with Crippen molar-refractivity contribution < 1.29 is 22.7 Å². The Morgan fingerprint density at radius 2 is 1.69 bits per heavy atom. The van der Waals surface area contributed by atoms with E-state index in [-0.39, 0.29) is 11.9 Å². The zero-order chi connectivity index (χ0) is 21.6. The van der Waals surface area contributed by atoms with Gasteiger partial charge in [-0.25, -0.2) is 8.42 Å². The fraction of sp³-hybridized carbons (Fsp3) is 0.381. The maximum absolute atomic E-state index is 13.0. The smallest absolute Gasteiger partial charge is 0.244 e. The summed E-state index contributed by atoms with van der Waals surface area (Å²) >= 11 is 0. The van der Waals surface area contributed by atoms with E-state index in [1.807, 2.05) is 19.1 Å². The molecule has 29 heavy (non-hydrogen) atoms. The lowest BCUT2D eigenvalue weighted by atomic mass is 10.0. The Morgan fingerprint density at radius 1 is 1.07 bits per heavy atom. The second-order valence-electron chi connectivity index (χ2n) is 6.65. The minimum Gasteiger partial charge on any atom is -0.493 e. The van der Waals surface area contributed by atoms with Crippen molar-refractivity contribution in [3.05, 3.63) is 54.1 Å². The number of hydrogen-bond acceptors (Lipinski definition) is 5. The van der Waals surface area contributed by atoms with E-state index >= 15 is 0 Å². The first-order valence-electron chi connectivity index (χ1n) is 9.29. The van der Waals surface area contributed by atoms with Crippen LogP contribution in [-0.2, 0) is 14.8 Å². The Labute approximate surface area is 172 Å². The van der Waals surface area contributed by atoms with Crippen molar-refractivity contribution in [1.82, 2.24) is 5.32 Å². The molecule has 2 aromatic carbocycles. The van der Waals surface area contributed by atoms with E-state index in [0.29, 0.717) is 23.6 Å². The fourth-order valence-electron chi connectivity index (χ4n) is 3.17. The molecule has 0 aliphatic rings. The summed E-state index contributed by atoms with van der Waals surface area (Å²) in [6, 6.07) is 12.8. The summed E-state index contributed by atoms with van der Waals surface area (Å²) in [6.45, 7) is 3.52. The quantitative estimate of drug-likeness (QED) is 0.674. The van der Waals surface area contributed by atoms with Crippen LogP contribution >= 0.6 is 0 Å². The number of rotatable bonds is 9. The molecule has 158 valence electrons. The van der Waals surface area contributed by atoms with Crippen molar-refractivity contribution in [1.29, 1.82) is 0 Å². The number of para-hydroxylation sites is 1. The Kier molecular flexibility index (Phi) is 7.50. The van der Waals surface area contributed by atoms with Crippen molar-refractivity contribution in [3.8, 4) is 11.5 Å². The van der Waals surface area contributed by atoms with E-state index in [1.54, 1.807) is 57.5 Å². The average Bonchev–Trinajstić information content (AvgIpc) is 2.71. The number of nitrogens with zero attached hydrogens (tertiary/aromatic N) is 1. The number of carbonyl (C=O) groups is 1. The van der Waals surface area contributed by atoms with Crippen LogP contribution in [0.1, 0.15) is 31.9 Å². The first kappa shape index (κ1) is 22.5. The van der Waals surface area contributed by atoms with Crippen molar-refractivity contribution in [2.75, 3.05) is 24.8 Å². The lowest BCUT2D eigenvalue weighted by molar-refractivity contribution is -0.122. The summed E-state index contributed by atoms with van der Waals surface area (Å²) in [7, 11) is -0.547. The van der Waals surface area contributed by atoms with E-state index in [1.165, 1.54) is 0 Å². The maximum Gasteiger partial charge on any atom is 0.244 e. The molecule has 2 rings (SSSR count). The molecule has 8 heteroatoms. The van der Waals surface area contributed by atoms with E-state index in [9.17, 15) is 13.2 Å². The van der Waals surface area contributed by atoms with E-state index in [4.69, 9.17) is 9.47 Å². The van der Waals surface area contributed by atoms with Crippen molar-refractivity contribution >= 4 is 21.6 Å². The van der Waals surface area contributed by atoms with Gasteiger partial charge in [0.2, 0.25) is 15.9 Å². The molecule has 1 N–H and O–H groups in total. The summed E-state index contributed by atoms with van der Waals surface area (Å²) in [5.74, 6) is 0.770. The topological polar surface area (TPSA) is 84.9 Å². The van der Waals surface area contributed by atoms with Crippen molar-refractivity contribution in [3.63, 3.8) is 0 Å². The lowest BCUT2D eigenvalue weighted by Gasteiger charge is -2.29. The summed E-state index contributed by atoms with van der Waals surface area (Å²) < 4.78 is 36.5. The second-order valence-corrected chi connectivity index (χ2v) is 8.51. The Morgan fingerprint density at radius 3 is 2.21 bits per heavy atom. The van der Waals surface area contributed by atoms with Crippen LogP contribution in [0.5, 0.6) is 11.5 Å². The summed E-state index contributed by atoms with van der Waals surface area (Å²) in [6.07, 6.45) is 1.72. The molecule has 0 heterocycles. The normalized spacial score (nSPS) is 13.3. The highest BCUT2D eigenvalue weighted by Crippen LogP contribution is 2.31. The third-order valence-electron chi connectivity index (χ3n) is 4.63. The Bertz CT molecular complexity index is 931. The van der Waals surface area contributed by atoms with Gasteiger partial charge in [-0.2, -0.15) is 0 Å². The molecular formula is C21H28N2O5S. The second kappa shape index (κ2) is 9.65. The molecule has 7 nitrogen and oxygen atoms in total. The lowest BCUT2D eigenvalue weighted by Crippen LogP contribution is -2.48. The standard InChI is InChI=1S/C21H28N2O5S/c1-6-18(16-12-13-19(27-3)20(14-16)28-4)22-21(24)15(2)23(29(5,25)26)17-10-8-7-9-11-17/h7-15,18H,6H2,1-5H3,(H,22,24)/t15-,18+/m0/s1. The van der Waals surface area contributed by atoms with Crippen LogP contribution < -0.4 is 19.1 Å². The monoisotopic (exact) mass is 420 g/mol. The maximum atomic E-state index is 13.0. The molecule has 0 saturated carbocycles. The van der Waals surface area contributed by atoms with Gasteiger partial charge in [-0.05, 0) is 43.2 Å². The van der Waals surface area contributed by atoms with Crippen LogP contribution in [0.3, 0.4) is 0 Å². The van der Waals surface area contributed by atoms with Gasteiger partial charge in [-0.15, -0.1) is 0 Å².